The Labute approximate surface area is 116 Å². The Kier molecular flexibility index (Phi) is 5.40. The topological polar surface area (TPSA) is 41.3 Å². The van der Waals surface area contributed by atoms with Crippen molar-refractivity contribution < 1.29 is 4.52 Å². The van der Waals surface area contributed by atoms with E-state index in [4.69, 9.17) is 4.52 Å². The smallest absolute Gasteiger partial charge is 0.151 e. The van der Waals surface area contributed by atoms with Crippen LogP contribution in [0.2, 0.25) is 0 Å². The standard InChI is InChI=1S/C15H27N3O/c1-4-14-6-5-7-18(14)11-15-8-13(17-19-15)10-16-9-12(2)3/h8,12,14,16H,4-7,9-11H2,1-3H3. The monoisotopic (exact) mass is 265 g/mol. The van der Waals surface area contributed by atoms with Crippen LogP contribution in [0.1, 0.15) is 51.5 Å². The van der Waals surface area contributed by atoms with Gasteiger partial charge >= 0.3 is 0 Å². The molecular weight excluding hydrogens is 238 g/mol. The van der Waals surface area contributed by atoms with Gasteiger partial charge in [-0.15, -0.1) is 0 Å². The summed E-state index contributed by atoms with van der Waals surface area (Å²) < 4.78 is 5.45. The van der Waals surface area contributed by atoms with Crippen LogP contribution in [0, 0.1) is 5.92 Å². The van der Waals surface area contributed by atoms with E-state index in [1.807, 2.05) is 0 Å². The third-order valence-electron chi connectivity index (χ3n) is 3.80. The van der Waals surface area contributed by atoms with Gasteiger partial charge in [0.2, 0.25) is 0 Å². The van der Waals surface area contributed by atoms with E-state index in [0.29, 0.717) is 5.92 Å². The second-order valence-electron chi connectivity index (χ2n) is 5.98. The summed E-state index contributed by atoms with van der Waals surface area (Å²) in [5, 5.41) is 7.53. The molecule has 1 saturated heterocycles. The van der Waals surface area contributed by atoms with Crippen molar-refractivity contribution in [1.82, 2.24) is 15.4 Å². The van der Waals surface area contributed by atoms with Gasteiger partial charge in [0, 0.05) is 18.7 Å². The van der Waals surface area contributed by atoms with Crippen molar-refractivity contribution in [2.24, 2.45) is 5.92 Å². The minimum atomic E-state index is 0.668. The zero-order chi connectivity index (χ0) is 13.7. The minimum Gasteiger partial charge on any atom is -0.360 e. The van der Waals surface area contributed by atoms with Gasteiger partial charge in [-0.2, -0.15) is 0 Å². The van der Waals surface area contributed by atoms with Gasteiger partial charge in [0.25, 0.3) is 0 Å². The van der Waals surface area contributed by atoms with Crippen molar-refractivity contribution in [3.8, 4) is 0 Å². The zero-order valence-electron chi connectivity index (χ0n) is 12.5. The van der Waals surface area contributed by atoms with Crippen LogP contribution in [0.15, 0.2) is 10.6 Å². The molecule has 0 spiro atoms. The van der Waals surface area contributed by atoms with E-state index in [9.17, 15) is 0 Å². The fraction of sp³-hybridized carbons (Fsp3) is 0.800. The summed E-state index contributed by atoms with van der Waals surface area (Å²) in [7, 11) is 0. The van der Waals surface area contributed by atoms with Crippen LogP contribution < -0.4 is 5.32 Å². The van der Waals surface area contributed by atoms with Gasteiger partial charge in [0.1, 0.15) is 0 Å². The van der Waals surface area contributed by atoms with E-state index < -0.39 is 0 Å². The van der Waals surface area contributed by atoms with Crippen molar-refractivity contribution in [1.29, 1.82) is 0 Å². The highest BCUT2D eigenvalue weighted by molar-refractivity contribution is 5.05. The average Bonchev–Trinajstić information content (AvgIpc) is 2.98. The second-order valence-corrected chi connectivity index (χ2v) is 5.98. The van der Waals surface area contributed by atoms with Crippen LogP contribution in [0.5, 0.6) is 0 Å². The van der Waals surface area contributed by atoms with Gasteiger partial charge in [-0.1, -0.05) is 25.9 Å². The molecule has 0 radical (unpaired) electrons. The normalized spacial score (nSPS) is 20.5. The summed E-state index contributed by atoms with van der Waals surface area (Å²) in [4.78, 5) is 2.52. The fourth-order valence-corrected chi connectivity index (χ4v) is 2.77. The molecule has 1 aliphatic heterocycles. The van der Waals surface area contributed by atoms with Crippen molar-refractivity contribution in [3.05, 3.63) is 17.5 Å². The highest BCUT2D eigenvalue weighted by atomic mass is 16.5. The van der Waals surface area contributed by atoms with Gasteiger partial charge in [-0.25, -0.2) is 0 Å². The molecule has 4 nitrogen and oxygen atoms in total. The molecule has 1 unspecified atom stereocenters. The van der Waals surface area contributed by atoms with Gasteiger partial charge in [-0.05, 0) is 38.3 Å². The van der Waals surface area contributed by atoms with E-state index in [-0.39, 0.29) is 0 Å². The van der Waals surface area contributed by atoms with Crippen LogP contribution >= 0.6 is 0 Å². The molecule has 0 bridgehead atoms. The van der Waals surface area contributed by atoms with Gasteiger partial charge < -0.3 is 9.84 Å². The van der Waals surface area contributed by atoms with E-state index >= 15 is 0 Å². The quantitative estimate of drug-likeness (QED) is 0.823. The molecule has 1 aromatic rings. The van der Waals surface area contributed by atoms with Gasteiger partial charge in [0.05, 0.1) is 12.2 Å². The Hall–Kier alpha value is -0.870. The van der Waals surface area contributed by atoms with E-state index in [0.717, 1.165) is 37.1 Å². The summed E-state index contributed by atoms with van der Waals surface area (Å²) in [6.07, 6.45) is 3.87. The number of hydrogen-bond acceptors (Lipinski definition) is 4. The van der Waals surface area contributed by atoms with Crippen LogP contribution in [0.3, 0.4) is 0 Å². The molecule has 1 aromatic heterocycles. The molecule has 2 heterocycles. The summed E-state index contributed by atoms with van der Waals surface area (Å²) in [5.74, 6) is 1.67. The zero-order valence-corrected chi connectivity index (χ0v) is 12.5. The molecule has 4 heteroatoms. The lowest BCUT2D eigenvalue weighted by molar-refractivity contribution is 0.211. The second kappa shape index (κ2) is 7.06. The lowest BCUT2D eigenvalue weighted by Gasteiger charge is -2.21. The third kappa shape index (κ3) is 4.32. The van der Waals surface area contributed by atoms with E-state index in [2.05, 4.69) is 42.2 Å². The van der Waals surface area contributed by atoms with Gasteiger partial charge in [-0.3, -0.25) is 4.90 Å². The molecule has 1 atom stereocenters. The first kappa shape index (κ1) is 14.5. The van der Waals surface area contributed by atoms with E-state index in [1.54, 1.807) is 0 Å². The molecule has 1 fully saturated rings. The van der Waals surface area contributed by atoms with Gasteiger partial charge in [0.15, 0.2) is 5.76 Å². The van der Waals surface area contributed by atoms with Crippen molar-refractivity contribution in [2.75, 3.05) is 13.1 Å². The summed E-state index contributed by atoms with van der Waals surface area (Å²) >= 11 is 0. The summed E-state index contributed by atoms with van der Waals surface area (Å²) in [5.41, 5.74) is 1.02. The molecule has 19 heavy (non-hydrogen) atoms. The Morgan fingerprint density at radius 3 is 3.11 bits per heavy atom. The van der Waals surface area contributed by atoms with Crippen LogP contribution in [0.4, 0.5) is 0 Å². The minimum absolute atomic E-state index is 0.668. The van der Waals surface area contributed by atoms with Crippen LogP contribution in [-0.2, 0) is 13.1 Å². The lowest BCUT2D eigenvalue weighted by atomic mass is 10.2. The van der Waals surface area contributed by atoms with Crippen molar-refractivity contribution in [3.63, 3.8) is 0 Å². The summed E-state index contributed by atoms with van der Waals surface area (Å²) in [6, 6.07) is 2.82. The number of nitrogens with one attached hydrogen (secondary N) is 1. The lowest BCUT2D eigenvalue weighted by Crippen LogP contribution is -2.27. The largest absolute Gasteiger partial charge is 0.360 e. The Morgan fingerprint density at radius 1 is 1.53 bits per heavy atom. The number of likely N-dealkylation sites (tertiary alicyclic amines) is 1. The maximum absolute atomic E-state index is 5.45. The number of rotatable bonds is 7. The highest BCUT2D eigenvalue weighted by Crippen LogP contribution is 2.22. The SMILES string of the molecule is CCC1CCCN1Cc1cc(CNCC(C)C)no1. The Morgan fingerprint density at radius 2 is 2.37 bits per heavy atom. The first-order valence-corrected chi connectivity index (χ1v) is 7.58. The number of aromatic nitrogens is 1. The Bertz CT molecular complexity index is 375. The first-order chi connectivity index (χ1) is 9.19. The van der Waals surface area contributed by atoms with Crippen LogP contribution in [-0.4, -0.2) is 29.2 Å². The Balaban J connectivity index is 1.80. The molecule has 0 aliphatic carbocycles. The predicted molar refractivity (Wildman–Crippen MR) is 76.8 cm³/mol. The molecule has 0 saturated carbocycles. The maximum atomic E-state index is 5.45. The summed E-state index contributed by atoms with van der Waals surface area (Å²) in [6.45, 7) is 10.6. The maximum Gasteiger partial charge on any atom is 0.151 e. The van der Waals surface area contributed by atoms with Crippen molar-refractivity contribution >= 4 is 0 Å². The average molecular weight is 265 g/mol. The van der Waals surface area contributed by atoms with E-state index in [1.165, 1.54) is 25.8 Å². The molecular formula is C15H27N3O. The number of nitrogens with zero attached hydrogens (tertiary/aromatic N) is 2. The molecule has 0 amide bonds. The molecule has 2 rings (SSSR count). The highest BCUT2D eigenvalue weighted by Gasteiger charge is 2.23. The third-order valence-corrected chi connectivity index (χ3v) is 3.80. The number of hydrogen-bond donors (Lipinski definition) is 1. The predicted octanol–water partition coefficient (Wildman–Crippen LogP) is 2.79. The van der Waals surface area contributed by atoms with Crippen LogP contribution in [0.25, 0.3) is 0 Å². The molecule has 108 valence electrons. The van der Waals surface area contributed by atoms with Crippen molar-refractivity contribution in [2.45, 2.75) is 59.2 Å². The molecule has 1 N–H and O–H groups in total. The fourth-order valence-electron chi connectivity index (χ4n) is 2.77. The first-order valence-electron chi connectivity index (χ1n) is 7.58. The molecule has 0 aromatic carbocycles. The molecule has 1 aliphatic rings.